The lowest BCUT2D eigenvalue weighted by Crippen LogP contribution is -2.09. The highest BCUT2D eigenvalue weighted by atomic mass is 19.4. The molecule has 1 heterocycles. The quantitative estimate of drug-likeness (QED) is 0.760. The standard InChI is InChI=1S/C10H15F3N4/c1-14-9-16-7-4-8(17-9)15-6-3-2-5-10(11,12)13/h4,7H,2-3,5-6H2,1H3,(H2,14,15,16,17). The van der Waals surface area contributed by atoms with Crippen LogP contribution < -0.4 is 10.6 Å². The average Bonchev–Trinajstić information content (AvgIpc) is 2.27. The van der Waals surface area contributed by atoms with Gasteiger partial charge in [0.1, 0.15) is 5.82 Å². The highest BCUT2D eigenvalue weighted by molar-refractivity contribution is 5.38. The molecule has 0 aliphatic heterocycles. The van der Waals surface area contributed by atoms with Gasteiger partial charge in [0.15, 0.2) is 0 Å². The molecule has 2 N–H and O–H groups in total. The van der Waals surface area contributed by atoms with E-state index in [1.165, 1.54) is 0 Å². The summed E-state index contributed by atoms with van der Waals surface area (Å²) >= 11 is 0. The molecular formula is C10H15F3N4. The SMILES string of the molecule is CNc1nccc(NCCCCC(F)(F)F)n1. The Morgan fingerprint density at radius 1 is 1.29 bits per heavy atom. The summed E-state index contributed by atoms with van der Waals surface area (Å²) in [5, 5.41) is 5.73. The molecule has 0 spiro atoms. The van der Waals surface area contributed by atoms with E-state index in [1.807, 2.05) is 0 Å². The molecule has 0 bridgehead atoms. The minimum absolute atomic E-state index is 0.125. The lowest BCUT2D eigenvalue weighted by Gasteiger charge is -2.08. The Hall–Kier alpha value is -1.53. The van der Waals surface area contributed by atoms with E-state index in [0.717, 1.165) is 0 Å². The van der Waals surface area contributed by atoms with Gasteiger partial charge >= 0.3 is 6.18 Å². The Morgan fingerprint density at radius 3 is 2.71 bits per heavy atom. The molecule has 0 fully saturated rings. The van der Waals surface area contributed by atoms with Gasteiger partial charge in [-0.25, -0.2) is 4.98 Å². The third-order valence-corrected chi connectivity index (χ3v) is 2.07. The van der Waals surface area contributed by atoms with Crippen molar-refractivity contribution in [2.45, 2.75) is 25.4 Å². The van der Waals surface area contributed by atoms with Crippen molar-refractivity contribution < 1.29 is 13.2 Å². The molecule has 0 atom stereocenters. The van der Waals surface area contributed by atoms with E-state index in [-0.39, 0.29) is 6.42 Å². The fourth-order valence-corrected chi connectivity index (χ4v) is 1.24. The van der Waals surface area contributed by atoms with Crippen LogP contribution in [0.15, 0.2) is 12.3 Å². The van der Waals surface area contributed by atoms with Crippen molar-refractivity contribution >= 4 is 11.8 Å². The number of alkyl halides is 3. The van der Waals surface area contributed by atoms with Crippen LogP contribution in [-0.4, -0.2) is 29.7 Å². The van der Waals surface area contributed by atoms with Crippen molar-refractivity contribution in [3.8, 4) is 0 Å². The first-order valence-electron chi connectivity index (χ1n) is 5.33. The number of anilines is 2. The molecule has 0 saturated carbocycles. The topological polar surface area (TPSA) is 49.8 Å². The number of aromatic nitrogens is 2. The summed E-state index contributed by atoms with van der Waals surface area (Å²) in [6.07, 6.45) is -2.63. The molecule has 0 aromatic carbocycles. The molecule has 1 aromatic rings. The van der Waals surface area contributed by atoms with Crippen molar-refractivity contribution in [3.05, 3.63) is 12.3 Å². The molecule has 0 saturated heterocycles. The van der Waals surface area contributed by atoms with Crippen LogP contribution in [-0.2, 0) is 0 Å². The highest BCUT2D eigenvalue weighted by Gasteiger charge is 2.25. The molecular weight excluding hydrogens is 233 g/mol. The fraction of sp³-hybridized carbons (Fsp3) is 0.600. The number of nitrogens with zero attached hydrogens (tertiary/aromatic N) is 2. The van der Waals surface area contributed by atoms with Crippen LogP contribution in [0, 0.1) is 0 Å². The molecule has 1 rings (SSSR count). The van der Waals surface area contributed by atoms with Crippen LogP contribution >= 0.6 is 0 Å². The summed E-state index contributed by atoms with van der Waals surface area (Å²) in [7, 11) is 1.70. The van der Waals surface area contributed by atoms with Crippen molar-refractivity contribution in [3.63, 3.8) is 0 Å². The van der Waals surface area contributed by atoms with Crippen LogP contribution in [0.1, 0.15) is 19.3 Å². The zero-order chi connectivity index (χ0) is 12.7. The number of unbranched alkanes of at least 4 members (excludes halogenated alkanes) is 1. The van der Waals surface area contributed by atoms with Crippen molar-refractivity contribution in [2.24, 2.45) is 0 Å². The van der Waals surface area contributed by atoms with Crippen molar-refractivity contribution in [1.29, 1.82) is 0 Å². The second-order valence-corrected chi connectivity index (χ2v) is 3.51. The molecule has 1 aromatic heterocycles. The molecule has 96 valence electrons. The predicted octanol–water partition coefficient (Wildman–Crippen LogP) is 2.66. The summed E-state index contributed by atoms with van der Waals surface area (Å²) in [6, 6.07) is 1.67. The predicted molar refractivity (Wildman–Crippen MR) is 60.0 cm³/mol. The smallest absolute Gasteiger partial charge is 0.370 e. The molecule has 0 amide bonds. The number of hydrogen-bond acceptors (Lipinski definition) is 4. The van der Waals surface area contributed by atoms with Crippen LogP contribution in [0.2, 0.25) is 0 Å². The van der Waals surface area contributed by atoms with Gasteiger partial charge in [-0.1, -0.05) is 0 Å². The first-order chi connectivity index (χ1) is 8.01. The Balaban J connectivity index is 2.22. The molecule has 17 heavy (non-hydrogen) atoms. The highest BCUT2D eigenvalue weighted by Crippen LogP contribution is 2.22. The summed E-state index contributed by atoms with van der Waals surface area (Å²) in [5.41, 5.74) is 0. The van der Waals surface area contributed by atoms with Gasteiger partial charge < -0.3 is 10.6 Å². The Bertz CT molecular complexity index is 341. The number of nitrogens with one attached hydrogen (secondary N) is 2. The molecule has 7 heteroatoms. The minimum Gasteiger partial charge on any atom is -0.370 e. The lowest BCUT2D eigenvalue weighted by atomic mass is 10.2. The van der Waals surface area contributed by atoms with Crippen LogP contribution in [0.5, 0.6) is 0 Å². The van der Waals surface area contributed by atoms with E-state index < -0.39 is 12.6 Å². The first-order valence-corrected chi connectivity index (χ1v) is 5.33. The van der Waals surface area contributed by atoms with E-state index in [0.29, 0.717) is 24.7 Å². The summed E-state index contributed by atoms with van der Waals surface area (Å²) < 4.78 is 35.6. The Morgan fingerprint density at radius 2 is 2.06 bits per heavy atom. The van der Waals surface area contributed by atoms with Gasteiger partial charge in [0, 0.05) is 26.2 Å². The number of rotatable bonds is 6. The maximum Gasteiger partial charge on any atom is 0.389 e. The number of halogens is 3. The Labute approximate surface area is 97.7 Å². The van der Waals surface area contributed by atoms with E-state index >= 15 is 0 Å². The van der Waals surface area contributed by atoms with Gasteiger partial charge in [-0.3, -0.25) is 0 Å². The zero-order valence-electron chi connectivity index (χ0n) is 9.51. The van der Waals surface area contributed by atoms with Gasteiger partial charge in [0.2, 0.25) is 5.95 Å². The largest absolute Gasteiger partial charge is 0.389 e. The van der Waals surface area contributed by atoms with E-state index in [9.17, 15) is 13.2 Å². The average molecular weight is 248 g/mol. The maximum absolute atomic E-state index is 11.9. The molecule has 4 nitrogen and oxygen atoms in total. The van der Waals surface area contributed by atoms with E-state index in [1.54, 1.807) is 19.3 Å². The molecule has 0 aliphatic carbocycles. The second kappa shape index (κ2) is 6.27. The maximum atomic E-state index is 11.9. The third kappa shape index (κ3) is 5.94. The summed E-state index contributed by atoms with van der Waals surface area (Å²) in [6.45, 7) is 0.468. The van der Waals surface area contributed by atoms with E-state index in [4.69, 9.17) is 0 Å². The van der Waals surface area contributed by atoms with Gasteiger partial charge in [-0.15, -0.1) is 0 Å². The Kier molecular flexibility index (Phi) is 4.99. The number of hydrogen-bond donors (Lipinski definition) is 2. The third-order valence-electron chi connectivity index (χ3n) is 2.07. The monoisotopic (exact) mass is 248 g/mol. The van der Waals surface area contributed by atoms with Crippen LogP contribution in [0.3, 0.4) is 0 Å². The normalized spacial score (nSPS) is 11.3. The van der Waals surface area contributed by atoms with Gasteiger partial charge in [0.05, 0.1) is 0 Å². The van der Waals surface area contributed by atoms with Crippen LogP contribution in [0.25, 0.3) is 0 Å². The molecule has 0 unspecified atom stereocenters. The van der Waals surface area contributed by atoms with Gasteiger partial charge in [-0.05, 0) is 18.9 Å². The minimum atomic E-state index is -4.06. The van der Waals surface area contributed by atoms with E-state index in [2.05, 4.69) is 20.6 Å². The molecule has 0 aliphatic rings. The summed E-state index contributed by atoms with van der Waals surface area (Å²) in [5.74, 6) is 1.08. The van der Waals surface area contributed by atoms with Gasteiger partial charge in [0.25, 0.3) is 0 Å². The molecule has 0 radical (unpaired) electrons. The lowest BCUT2D eigenvalue weighted by molar-refractivity contribution is -0.135. The zero-order valence-corrected chi connectivity index (χ0v) is 9.51. The fourth-order valence-electron chi connectivity index (χ4n) is 1.24. The van der Waals surface area contributed by atoms with Crippen LogP contribution in [0.4, 0.5) is 24.9 Å². The summed E-state index contributed by atoms with van der Waals surface area (Å²) in [4.78, 5) is 8.01. The second-order valence-electron chi connectivity index (χ2n) is 3.51. The van der Waals surface area contributed by atoms with Crippen molar-refractivity contribution in [1.82, 2.24) is 9.97 Å². The first kappa shape index (κ1) is 13.5. The van der Waals surface area contributed by atoms with Crippen molar-refractivity contribution in [2.75, 3.05) is 24.2 Å². The van der Waals surface area contributed by atoms with Gasteiger partial charge in [-0.2, -0.15) is 18.2 Å².